The molecule has 2 heterocycles. The Bertz CT molecular complexity index is 1470. The summed E-state index contributed by atoms with van der Waals surface area (Å²) in [5.74, 6) is -1.35. The first-order valence-electron chi connectivity index (χ1n) is 12.8. The number of carbonyl (C=O) groups is 3. The Kier molecular flexibility index (Phi) is 9.60. The minimum atomic E-state index is -3.85. The van der Waals surface area contributed by atoms with Gasteiger partial charge in [0.25, 0.3) is 11.8 Å². The highest BCUT2D eigenvalue weighted by molar-refractivity contribution is 7.89. The van der Waals surface area contributed by atoms with E-state index in [1.165, 1.54) is 62.0 Å². The number of rotatable bonds is 7. The van der Waals surface area contributed by atoms with Crippen LogP contribution >= 0.6 is 0 Å². The number of nitrogens with zero attached hydrogens (tertiary/aromatic N) is 3. The number of morpholine rings is 1. The second-order valence-corrected chi connectivity index (χ2v) is 12.9. The van der Waals surface area contributed by atoms with Crippen molar-refractivity contribution in [3.05, 3.63) is 59.7 Å². The first-order chi connectivity index (χ1) is 19.5. The van der Waals surface area contributed by atoms with E-state index in [-0.39, 0.29) is 66.8 Å². The molecule has 2 aromatic rings. The van der Waals surface area contributed by atoms with Gasteiger partial charge in [-0.2, -0.15) is 8.61 Å². The fourth-order valence-corrected chi connectivity index (χ4v) is 7.06. The van der Waals surface area contributed by atoms with Crippen molar-refractivity contribution in [3.63, 3.8) is 0 Å². The lowest BCUT2D eigenvalue weighted by Crippen LogP contribution is -2.50. The van der Waals surface area contributed by atoms with Gasteiger partial charge < -0.3 is 14.4 Å². The van der Waals surface area contributed by atoms with Crippen LogP contribution in [0.1, 0.15) is 27.6 Å². The number of hydrogen-bond acceptors (Lipinski definition) is 9. The van der Waals surface area contributed by atoms with Gasteiger partial charge in [-0.25, -0.2) is 21.6 Å². The van der Waals surface area contributed by atoms with Crippen LogP contribution in [-0.2, 0) is 29.5 Å². The molecule has 0 bridgehead atoms. The van der Waals surface area contributed by atoms with Crippen molar-refractivity contribution >= 4 is 38.0 Å². The SMILES string of the molecule is CCOC(=O)N1CCN(S(=O)(=O)c2ccc(C(=O)NNC(=O)c3ccc(S(=O)(=O)N4CCOCC4)cc3)cc2)CC1. The van der Waals surface area contributed by atoms with Crippen molar-refractivity contribution in [2.24, 2.45) is 0 Å². The van der Waals surface area contributed by atoms with E-state index in [0.29, 0.717) is 13.2 Å². The maximum atomic E-state index is 13.0. The molecule has 16 heteroatoms. The summed E-state index contributed by atoms with van der Waals surface area (Å²) in [7, 11) is -7.56. The maximum absolute atomic E-state index is 13.0. The molecule has 0 aromatic heterocycles. The number of sulfonamides is 2. The zero-order valence-corrected chi connectivity index (χ0v) is 23.9. The van der Waals surface area contributed by atoms with Gasteiger partial charge in [-0.1, -0.05) is 0 Å². The molecule has 0 aliphatic carbocycles. The second kappa shape index (κ2) is 12.9. The molecule has 0 saturated carbocycles. The molecule has 2 N–H and O–H groups in total. The first kappa shape index (κ1) is 30.4. The Hall–Kier alpha value is -3.57. The minimum absolute atomic E-state index is 0.0187. The largest absolute Gasteiger partial charge is 0.450 e. The van der Waals surface area contributed by atoms with Crippen LogP contribution < -0.4 is 10.9 Å². The Morgan fingerprint density at radius 2 is 1.12 bits per heavy atom. The molecule has 4 rings (SSSR count). The summed E-state index contributed by atoms with van der Waals surface area (Å²) in [5, 5.41) is 0. The number of hydrazine groups is 1. The molecule has 0 spiro atoms. The van der Waals surface area contributed by atoms with E-state index in [0.717, 1.165) is 0 Å². The van der Waals surface area contributed by atoms with Gasteiger partial charge in [-0.3, -0.25) is 20.4 Å². The Morgan fingerprint density at radius 1 is 0.707 bits per heavy atom. The van der Waals surface area contributed by atoms with E-state index >= 15 is 0 Å². The highest BCUT2D eigenvalue weighted by Gasteiger charge is 2.31. The van der Waals surface area contributed by atoms with Crippen molar-refractivity contribution in [1.29, 1.82) is 0 Å². The Labute approximate surface area is 238 Å². The molecule has 2 aliphatic rings. The fourth-order valence-electron chi connectivity index (χ4n) is 4.23. The van der Waals surface area contributed by atoms with E-state index in [4.69, 9.17) is 9.47 Å². The van der Waals surface area contributed by atoms with Crippen LogP contribution in [0.3, 0.4) is 0 Å². The summed E-state index contributed by atoms with van der Waals surface area (Å²) in [5.41, 5.74) is 4.73. The van der Waals surface area contributed by atoms with E-state index in [1.807, 2.05) is 0 Å². The molecule has 0 unspecified atom stereocenters. The lowest BCUT2D eigenvalue weighted by atomic mass is 10.2. The van der Waals surface area contributed by atoms with Crippen LogP contribution in [0.2, 0.25) is 0 Å². The second-order valence-electron chi connectivity index (χ2n) is 9.06. The molecule has 0 atom stereocenters. The molecular formula is C25H31N5O9S2. The third-order valence-electron chi connectivity index (χ3n) is 6.53. The molecule has 2 saturated heterocycles. The van der Waals surface area contributed by atoms with Gasteiger partial charge in [0.05, 0.1) is 29.6 Å². The summed E-state index contributed by atoms with van der Waals surface area (Å²) < 4.78 is 64.2. The van der Waals surface area contributed by atoms with E-state index < -0.39 is 38.0 Å². The summed E-state index contributed by atoms with van der Waals surface area (Å²) in [4.78, 5) is 38.3. The predicted molar refractivity (Wildman–Crippen MR) is 145 cm³/mol. The normalized spacial score (nSPS) is 17.0. The molecule has 0 radical (unpaired) electrons. The maximum Gasteiger partial charge on any atom is 0.409 e. The van der Waals surface area contributed by atoms with Crippen LogP contribution in [0.15, 0.2) is 58.3 Å². The van der Waals surface area contributed by atoms with Gasteiger partial charge in [0, 0.05) is 50.4 Å². The quantitative estimate of drug-likeness (QED) is 0.417. The van der Waals surface area contributed by atoms with Crippen LogP contribution in [0.25, 0.3) is 0 Å². The number of amides is 3. The number of nitrogens with one attached hydrogen (secondary N) is 2. The summed E-state index contributed by atoms with van der Waals surface area (Å²) in [6.07, 6.45) is -0.485. The van der Waals surface area contributed by atoms with Gasteiger partial charge in [-0.15, -0.1) is 0 Å². The number of piperazine rings is 1. The summed E-state index contributed by atoms with van der Waals surface area (Å²) >= 11 is 0. The van der Waals surface area contributed by atoms with Crippen LogP contribution in [0.5, 0.6) is 0 Å². The van der Waals surface area contributed by atoms with Gasteiger partial charge in [-0.05, 0) is 55.5 Å². The first-order valence-corrected chi connectivity index (χ1v) is 15.7. The predicted octanol–water partition coefficient (Wildman–Crippen LogP) is 0.245. The zero-order chi connectivity index (χ0) is 29.6. The van der Waals surface area contributed by atoms with Gasteiger partial charge in [0.1, 0.15) is 0 Å². The molecule has 2 fully saturated rings. The van der Waals surface area contributed by atoms with E-state index in [9.17, 15) is 31.2 Å². The van der Waals surface area contributed by atoms with Crippen molar-refractivity contribution in [2.45, 2.75) is 16.7 Å². The molecular weight excluding hydrogens is 578 g/mol. The average molecular weight is 610 g/mol. The topological polar surface area (TPSA) is 172 Å². The zero-order valence-electron chi connectivity index (χ0n) is 22.3. The molecule has 14 nitrogen and oxygen atoms in total. The monoisotopic (exact) mass is 609 g/mol. The molecule has 3 amide bonds. The minimum Gasteiger partial charge on any atom is -0.450 e. The lowest BCUT2D eigenvalue weighted by Gasteiger charge is -2.33. The summed E-state index contributed by atoms with van der Waals surface area (Å²) in [6, 6.07) is 10.5. The van der Waals surface area contributed by atoms with Crippen molar-refractivity contribution < 1.29 is 40.7 Å². The van der Waals surface area contributed by atoms with Crippen LogP contribution in [0, 0.1) is 0 Å². The third kappa shape index (κ3) is 7.02. The fraction of sp³-hybridized carbons (Fsp3) is 0.400. The number of hydrogen-bond donors (Lipinski definition) is 2. The van der Waals surface area contributed by atoms with Gasteiger partial charge >= 0.3 is 6.09 Å². The van der Waals surface area contributed by atoms with Crippen molar-refractivity contribution in [1.82, 2.24) is 24.4 Å². The molecule has 2 aromatic carbocycles. The van der Waals surface area contributed by atoms with Crippen LogP contribution in [0.4, 0.5) is 4.79 Å². The highest BCUT2D eigenvalue weighted by Crippen LogP contribution is 2.20. The molecule has 41 heavy (non-hydrogen) atoms. The van der Waals surface area contributed by atoms with E-state index in [1.54, 1.807) is 6.92 Å². The van der Waals surface area contributed by atoms with Crippen LogP contribution in [-0.4, -0.2) is 107 Å². The van der Waals surface area contributed by atoms with Crippen molar-refractivity contribution in [3.8, 4) is 0 Å². The third-order valence-corrected chi connectivity index (χ3v) is 10.4. The van der Waals surface area contributed by atoms with Gasteiger partial charge in [0.2, 0.25) is 20.0 Å². The molecule has 222 valence electrons. The van der Waals surface area contributed by atoms with E-state index in [2.05, 4.69) is 10.9 Å². The number of benzene rings is 2. The standard InChI is InChI=1S/C25H31N5O9S2/c1-2-39-25(33)28-11-13-29(14-12-28)40(34,35)21-7-3-19(4-8-21)23(31)26-27-24(32)20-5-9-22(10-6-20)41(36,37)30-15-17-38-18-16-30/h3-10H,2,11-18H2,1H3,(H,26,31)(H,27,32). The molecule has 2 aliphatic heterocycles. The summed E-state index contributed by atoms with van der Waals surface area (Å²) in [6.45, 7) is 3.66. The van der Waals surface area contributed by atoms with Gasteiger partial charge in [0.15, 0.2) is 0 Å². The smallest absolute Gasteiger partial charge is 0.409 e. The lowest BCUT2D eigenvalue weighted by molar-refractivity contribution is 0.0730. The Morgan fingerprint density at radius 3 is 1.54 bits per heavy atom. The number of ether oxygens (including phenoxy) is 2. The average Bonchev–Trinajstić information content (AvgIpc) is 3.00. The Balaban J connectivity index is 1.31. The van der Waals surface area contributed by atoms with Crippen molar-refractivity contribution in [2.75, 3.05) is 59.1 Å². The number of carbonyl (C=O) groups excluding carboxylic acids is 3. The highest BCUT2D eigenvalue weighted by atomic mass is 32.2.